The lowest BCUT2D eigenvalue weighted by atomic mass is 10.3. The van der Waals surface area contributed by atoms with Crippen LogP contribution < -0.4 is 0 Å². The van der Waals surface area contributed by atoms with Crippen LogP contribution in [0.4, 0.5) is 0 Å². The van der Waals surface area contributed by atoms with Crippen LogP contribution in [-0.2, 0) is 29.5 Å². The van der Waals surface area contributed by atoms with Crippen molar-refractivity contribution in [2.45, 2.75) is 12.5 Å². The highest BCUT2D eigenvalue weighted by Crippen LogP contribution is 2.26. The third-order valence-electron chi connectivity index (χ3n) is 2.86. The van der Waals surface area contributed by atoms with Gasteiger partial charge in [-0.2, -0.15) is 8.61 Å². The molecular weight excluding hydrogens is 284 g/mol. The van der Waals surface area contributed by atoms with E-state index in [0.717, 1.165) is 21.1 Å². The zero-order valence-corrected chi connectivity index (χ0v) is 11.8. The second-order valence-electron chi connectivity index (χ2n) is 4.27. The average Bonchev–Trinajstić information content (AvgIpc) is 2.24. The van der Waals surface area contributed by atoms with Gasteiger partial charge in [-0.15, -0.1) is 0 Å². The summed E-state index contributed by atoms with van der Waals surface area (Å²) in [6, 6.07) is 0. The Kier molecular flexibility index (Phi) is 3.69. The molecule has 0 radical (unpaired) electrons. The molecule has 2 saturated heterocycles. The molecule has 0 aromatic heterocycles. The number of piperazine rings is 1. The quantitative estimate of drug-likeness (QED) is 0.599. The van der Waals surface area contributed by atoms with Crippen molar-refractivity contribution >= 4 is 20.0 Å². The van der Waals surface area contributed by atoms with Gasteiger partial charge in [-0.25, -0.2) is 16.8 Å². The molecule has 2 aliphatic rings. The first kappa shape index (κ1) is 14.2. The summed E-state index contributed by atoms with van der Waals surface area (Å²) in [5, 5.41) is 0. The Morgan fingerprint density at radius 3 is 1.44 bits per heavy atom. The van der Waals surface area contributed by atoms with Crippen LogP contribution in [0.2, 0.25) is 0 Å². The maximum absolute atomic E-state index is 11.6. The molecule has 0 saturated carbocycles. The Morgan fingerprint density at radius 2 is 1.17 bits per heavy atom. The second-order valence-corrected chi connectivity index (χ2v) is 8.14. The van der Waals surface area contributed by atoms with Gasteiger partial charge >= 0.3 is 0 Å². The van der Waals surface area contributed by atoms with Crippen LogP contribution in [-0.4, -0.2) is 76.7 Å². The van der Waals surface area contributed by atoms with E-state index in [1.54, 1.807) is 0 Å². The summed E-state index contributed by atoms with van der Waals surface area (Å²) < 4.78 is 59.5. The van der Waals surface area contributed by atoms with Crippen molar-refractivity contribution in [1.82, 2.24) is 8.61 Å². The Balaban J connectivity index is 2.32. The highest BCUT2D eigenvalue weighted by atomic mass is 32.2. The average molecular weight is 300 g/mol. The van der Waals surface area contributed by atoms with E-state index in [0.29, 0.717) is 0 Å². The van der Waals surface area contributed by atoms with Gasteiger partial charge in [-0.05, 0) is 0 Å². The predicted octanol–water partition coefficient (Wildman–Crippen LogP) is -1.78. The van der Waals surface area contributed by atoms with Gasteiger partial charge in [-0.1, -0.05) is 0 Å². The number of sulfonamides is 2. The molecule has 2 fully saturated rings. The summed E-state index contributed by atoms with van der Waals surface area (Å²) in [4.78, 5) is 0. The van der Waals surface area contributed by atoms with Crippen molar-refractivity contribution in [2.75, 3.05) is 38.8 Å². The molecule has 2 aliphatic heterocycles. The molecule has 0 unspecified atom stereocenters. The van der Waals surface area contributed by atoms with E-state index in [-0.39, 0.29) is 26.3 Å². The van der Waals surface area contributed by atoms with Crippen molar-refractivity contribution in [2.24, 2.45) is 0 Å². The highest BCUT2D eigenvalue weighted by Gasteiger charge is 2.46. The zero-order valence-electron chi connectivity index (χ0n) is 10.1. The SMILES string of the molecule is CS(=O)(=O)N1CCN(S(C)(=O)=O)[C@H]2OCCO[C@H]21. The number of rotatable bonds is 2. The first-order chi connectivity index (χ1) is 8.21. The standard InChI is InChI=1S/C8H16N2O6S2/c1-17(11,12)9-3-4-10(18(2,13)14)8-7(9)15-5-6-16-8/h7-8H,3-6H2,1-2H3/t7-,8+. The van der Waals surface area contributed by atoms with Crippen molar-refractivity contribution in [3.05, 3.63) is 0 Å². The summed E-state index contributed by atoms with van der Waals surface area (Å²) in [6.07, 6.45) is 0.324. The van der Waals surface area contributed by atoms with Gasteiger partial charge in [0, 0.05) is 13.1 Å². The summed E-state index contributed by atoms with van der Waals surface area (Å²) in [5.74, 6) is 0. The van der Waals surface area contributed by atoms with Crippen molar-refractivity contribution in [3.8, 4) is 0 Å². The molecule has 0 aromatic rings. The normalized spacial score (nSPS) is 32.1. The van der Waals surface area contributed by atoms with Crippen molar-refractivity contribution in [3.63, 3.8) is 0 Å². The second kappa shape index (κ2) is 4.69. The topological polar surface area (TPSA) is 93.2 Å². The summed E-state index contributed by atoms with van der Waals surface area (Å²) >= 11 is 0. The van der Waals surface area contributed by atoms with E-state index in [4.69, 9.17) is 9.47 Å². The lowest BCUT2D eigenvalue weighted by molar-refractivity contribution is -0.224. The summed E-state index contributed by atoms with van der Waals surface area (Å²) in [5.41, 5.74) is 0. The molecule has 0 bridgehead atoms. The maximum atomic E-state index is 11.6. The van der Waals surface area contributed by atoms with Gasteiger partial charge in [0.25, 0.3) is 0 Å². The van der Waals surface area contributed by atoms with Crippen LogP contribution in [0.5, 0.6) is 0 Å². The number of hydrogen-bond acceptors (Lipinski definition) is 6. The largest absolute Gasteiger partial charge is 0.355 e. The van der Waals surface area contributed by atoms with Gasteiger partial charge < -0.3 is 9.47 Å². The maximum Gasteiger partial charge on any atom is 0.213 e. The molecule has 8 nitrogen and oxygen atoms in total. The highest BCUT2D eigenvalue weighted by molar-refractivity contribution is 7.88. The third kappa shape index (κ3) is 2.68. The molecule has 18 heavy (non-hydrogen) atoms. The molecule has 0 aromatic carbocycles. The number of ether oxygens (including phenoxy) is 2. The van der Waals surface area contributed by atoms with Crippen LogP contribution >= 0.6 is 0 Å². The first-order valence-corrected chi connectivity index (χ1v) is 9.08. The minimum Gasteiger partial charge on any atom is -0.355 e. The summed E-state index contributed by atoms with van der Waals surface area (Å²) in [7, 11) is -6.92. The van der Waals surface area contributed by atoms with Crippen LogP contribution in [0.25, 0.3) is 0 Å². The molecule has 10 heteroatoms. The molecular formula is C8H16N2O6S2. The van der Waals surface area contributed by atoms with Gasteiger partial charge in [0.05, 0.1) is 25.7 Å². The molecule has 106 valence electrons. The van der Waals surface area contributed by atoms with Crippen LogP contribution in [0, 0.1) is 0 Å². The Hall–Kier alpha value is -0.260. The minimum atomic E-state index is -3.46. The van der Waals surface area contributed by atoms with Crippen LogP contribution in [0.1, 0.15) is 0 Å². The van der Waals surface area contributed by atoms with E-state index >= 15 is 0 Å². The fourth-order valence-corrected chi connectivity index (χ4v) is 4.03. The molecule has 0 N–H and O–H groups in total. The summed E-state index contributed by atoms with van der Waals surface area (Å²) in [6.45, 7) is 0.614. The van der Waals surface area contributed by atoms with E-state index < -0.39 is 32.5 Å². The third-order valence-corrected chi connectivity index (χ3v) is 5.35. The molecule has 0 spiro atoms. The van der Waals surface area contributed by atoms with E-state index in [2.05, 4.69) is 0 Å². The van der Waals surface area contributed by atoms with E-state index in [1.165, 1.54) is 0 Å². The first-order valence-electron chi connectivity index (χ1n) is 5.38. The number of fused-ring (bicyclic) bond motifs is 1. The van der Waals surface area contributed by atoms with Gasteiger partial charge in [-0.3, -0.25) is 0 Å². The molecule has 0 amide bonds. The van der Waals surface area contributed by atoms with Gasteiger partial charge in [0.15, 0.2) is 12.5 Å². The number of nitrogens with zero attached hydrogens (tertiary/aromatic N) is 2. The molecule has 0 aliphatic carbocycles. The van der Waals surface area contributed by atoms with Crippen molar-refractivity contribution in [1.29, 1.82) is 0 Å². The Bertz CT molecular complexity index is 468. The molecule has 2 heterocycles. The minimum absolute atomic E-state index is 0.0659. The molecule has 2 rings (SSSR count). The fraction of sp³-hybridized carbons (Fsp3) is 1.00. The zero-order chi connectivity index (χ0) is 13.6. The van der Waals surface area contributed by atoms with Gasteiger partial charge in [0.1, 0.15) is 0 Å². The Labute approximate surface area is 107 Å². The lowest BCUT2D eigenvalue weighted by Gasteiger charge is -2.46. The van der Waals surface area contributed by atoms with E-state index in [1.807, 2.05) is 0 Å². The smallest absolute Gasteiger partial charge is 0.213 e. The van der Waals surface area contributed by atoms with Gasteiger partial charge in [0.2, 0.25) is 20.0 Å². The monoisotopic (exact) mass is 300 g/mol. The van der Waals surface area contributed by atoms with Crippen LogP contribution in [0.3, 0.4) is 0 Å². The predicted molar refractivity (Wildman–Crippen MR) is 62.6 cm³/mol. The Morgan fingerprint density at radius 1 is 0.833 bits per heavy atom. The fourth-order valence-electron chi connectivity index (χ4n) is 2.11. The van der Waals surface area contributed by atoms with Crippen LogP contribution in [0.15, 0.2) is 0 Å². The van der Waals surface area contributed by atoms with Crippen molar-refractivity contribution < 1.29 is 26.3 Å². The van der Waals surface area contributed by atoms with E-state index in [9.17, 15) is 16.8 Å². The lowest BCUT2D eigenvalue weighted by Crippen LogP contribution is -2.65. The number of hydrogen-bond donors (Lipinski definition) is 0. The molecule has 2 atom stereocenters.